The molecule has 2 aromatic carbocycles. The third-order valence-corrected chi connectivity index (χ3v) is 6.17. The topological polar surface area (TPSA) is 46.3 Å². The van der Waals surface area contributed by atoms with Crippen molar-refractivity contribution in [2.24, 2.45) is 0 Å². The first kappa shape index (κ1) is 15.9. The zero-order chi connectivity index (χ0) is 17.7. The van der Waals surface area contributed by atoms with Crippen molar-refractivity contribution in [3.63, 3.8) is 0 Å². The number of likely N-dealkylation sites (tertiary alicyclic amines) is 1. The first-order chi connectivity index (χ1) is 12.7. The van der Waals surface area contributed by atoms with Crippen LogP contribution in [0.4, 0.5) is 0 Å². The summed E-state index contributed by atoms with van der Waals surface area (Å²) in [5.41, 5.74) is 1.67. The van der Waals surface area contributed by atoms with Gasteiger partial charge >= 0.3 is 0 Å². The SMILES string of the molecule is O=C(c1cc2cc(Cl)ccc2o1)N1CCCC1c1nc2ccccc2s1. The van der Waals surface area contributed by atoms with Gasteiger partial charge in [0.1, 0.15) is 10.6 Å². The molecule has 4 aromatic rings. The van der Waals surface area contributed by atoms with E-state index in [2.05, 4.69) is 6.07 Å². The summed E-state index contributed by atoms with van der Waals surface area (Å²) in [5, 5.41) is 2.47. The summed E-state index contributed by atoms with van der Waals surface area (Å²) >= 11 is 7.70. The fourth-order valence-corrected chi connectivity index (χ4v) is 4.86. The number of hydrogen-bond acceptors (Lipinski definition) is 4. The maximum absolute atomic E-state index is 13.1. The Morgan fingerprint density at radius 3 is 3.00 bits per heavy atom. The summed E-state index contributed by atoms with van der Waals surface area (Å²) in [6.45, 7) is 0.719. The molecule has 1 unspecified atom stereocenters. The lowest BCUT2D eigenvalue weighted by atomic mass is 10.2. The highest BCUT2D eigenvalue weighted by atomic mass is 35.5. The molecule has 0 radical (unpaired) electrons. The van der Waals surface area contributed by atoms with Gasteiger partial charge in [0, 0.05) is 17.0 Å². The van der Waals surface area contributed by atoms with Crippen molar-refractivity contribution in [1.82, 2.24) is 9.88 Å². The zero-order valence-corrected chi connectivity index (χ0v) is 15.4. The second-order valence-corrected chi connectivity index (χ2v) is 7.97. The number of thiazole rings is 1. The van der Waals surface area contributed by atoms with Gasteiger partial charge in [-0.2, -0.15) is 0 Å². The summed E-state index contributed by atoms with van der Waals surface area (Å²) < 4.78 is 6.93. The highest BCUT2D eigenvalue weighted by molar-refractivity contribution is 7.18. The minimum Gasteiger partial charge on any atom is -0.451 e. The van der Waals surface area contributed by atoms with Crippen LogP contribution in [-0.4, -0.2) is 22.3 Å². The van der Waals surface area contributed by atoms with E-state index in [0.29, 0.717) is 16.4 Å². The number of hydrogen-bond donors (Lipinski definition) is 0. The van der Waals surface area contributed by atoms with Crippen molar-refractivity contribution < 1.29 is 9.21 Å². The van der Waals surface area contributed by atoms with Gasteiger partial charge in [0.15, 0.2) is 5.76 Å². The van der Waals surface area contributed by atoms with Gasteiger partial charge in [0.2, 0.25) is 0 Å². The third kappa shape index (κ3) is 2.59. The molecule has 1 aliphatic rings. The van der Waals surface area contributed by atoms with Crippen LogP contribution in [0.15, 0.2) is 52.9 Å². The molecule has 1 fully saturated rings. The number of carbonyl (C=O) groups is 1. The molecule has 1 amide bonds. The van der Waals surface area contributed by atoms with Crippen molar-refractivity contribution >= 4 is 50.0 Å². The van der Waals surface area contributed by atoms with E-state index >= 15 is 0 Å². The van der Waals surface area contributed by atoms with Gasteiger partial charge in [0.25, 0.3) is 5.91 Å². The largest absolute Gasteiger partial charge is 0.451 e. The molecule has 0 spiro atoms. The van der Waals surface area contributed by atoms with E-state index in [1.54, 1.807) is 29.5 Å². The van der Waals surface area contributed by atoms with E-state index in [-0.39, 0.29) is 11.9 Å². The number of halogens is 1. The molecule has 5 rings (SSSR count). The predicted octanol–water partition coefficient (Wildman–Crippen LogP) is 5.67. The number of furan rings is 1. The smallest absolute Gasteiger partial charge is 0.290 e. The summed E-state index contributed by atoms with van der Waals surface area (Å²) in [6.07, 6.45) is 1.90. The van der Waals surface area contributed by atoms with Crippen molar-refractivity contribution in [2.45, 2.75) is 18.9 Å². The Kier molecular flexibility index (Phi) is 3.72. The number of para-hydroxylation sites is 1. The lowest BCUT2D eigenvalue weighted by Crippen LogP contribution is -2.30. The molecule has 4 nitrogen and oxygen atoms in total. The lowest BCUT2D eigenvalue weighted by molar-refractivity contribution is 0.0705. The molecular weight excluding hydrogens is 368 g/mol. The van der Waals surface area contributed by atoms with Crippen molar-refractivity contribution in [2.75, 3.05) is 6.54 Å². The maximum Gasteiger partial charge on any atom is 0.290 e. The number of fused-ring (bicyclic) bond motifs is 2. The second kappa shape index (κ2) is 6.11. The van der Waals surface area contributed by atoms with Gasteiger partial charge in [-0.1, -0.05) is 23.7 Å². The van der Waals surface area contributed by atoms with Crippen molar-refractivity contribution in [1.29, 1.82) is 0 Å². The lowest BCUT2D eigenvalue weighted by Gasteiger charge is -2.21. The summed E-state index contributed by atoms with van der Waals surface area (Å²) in [6, 6.07) is 15.2. The van der Waals surface area contributed by atoms with Crippen LogP contribution in [-0.2, 0) is 0 Å². The molecule has 0 bridgehead atoms. The number of benzene rings is 2. The average molecular weight is 383 g/mol. The van der Waals surface area contributed by atoms with Crippen molar-refractivity contribution in [3.8, 4) is 0 Å². The third-order valence-electron chi connectivity index (χ3n) is 4.80. The quantitative estimate of drug-likeness (QED) is 0.448. The van der Waals surface area contributed by atoms with Crippen LogP contribution >= 0.6 is 22.9 Å². The van der Waals surface area contributed by atoms with Crippen LogP contribution in [0, 0.1) is 0 Å². The number of nitrogens with zero attached hydrogens (tertiary/aromatic N) is 2. The highest BCUT2D eigenvalue weighted by Gasteiger charge is 2.34. The molecule has 26 heavy (non-hydrogen) atoms. The molecule has 6 heteroatoms. The summed E-state index contributed by atoms with van der Waals surface area (Å²) in [7, 11) is 0. The second-order valence-electron chi connectivity index (χ2n) is 6.47. The molecular formula is C20H15ClN2O2S. The van der Waals surface area contributed by atoms with Crippen LogP contribution < -0.4 is 0 Å². The van der Waals surface area contributed by atoms with Crippen LogP contribution in [0.5, 0.6) is 0 Å². The van der Waals surface area contributed by atoms with E-state index in [0.717, 1.165) is 40.0 Å². The van der Waals surface area contributed by atoms with Gasteiger partial charge in [-0.25, -0.2) is 4.98 Å². The van der Waals surface area contributed by atoms with E-state index in [9.17, 15) is 4.79 Å². The fraction of sp³-hybridized carbons (Fsp3) is 0.200. The minimum absolute atomic E-state index is 0.0108. The zero-order valence-electron chi connectivity index (χ0n) is 13.8. The number of amides is 1. The van der Waals surface area contributed by atoms with Gasteiger partial charge < -0.3 is 9.32 Å². The first-order valence-electron chi connectivity index (χ1n) is 8.54. The Morgan fingerprint density at radius 1 is 1.23 bits per heavy atom. The predicted molar refractivity (Wildman–Crippen MR) is 104 cm³/mol. The van der Waals surface area contributed by atoms with Crippen molar-refractivity contribution in [3.05, 3.63) is 64.3 Å². The van der Waals surface area contributed by atoms with E-state index in [4.69, 9.17) is 21.0 Å². The highest BCUT2D eigenvalue weighted by Crippen LogP contribution is 2.37. The number of aromatic nitrogens is 1. The molecule has 1 saturated heterocycles. The van der Waals surface area contributed by atoms with Crippen LogP contribution in [0.3, 0.4) is 0 Å². The van der Waals surface area contributed by atoms with Gasteiger partial charge in [0.05, 0.1) is 16.3 Å². The van der Waals surface area contributed by atoms with Crippen LogP contribution in [0.25, 0.3) is 21.2 Å². The van der Waals surface area contributed by atoms with Gasteiger partial charge in [-0.05, 0) is 49.2 Å². The Balaban J connectivity index is 1.49. The molecule has 0 saturated carbocycles. The standard InChI is InChI=1S/C20H15ClN2O2S/c21-13-7-8-16-12(10-13)11-17(25-16)20(24)23-9-3-5-15(23)19-22-14-4-1-2-6-18(14)26-19/h1-2,4,6-8,10-11,15H,3,5,9H2. The van der Waals surface area contributed by atoms with E-state index < -0.39 is 0 Å². The van der Waals surface area contributed by atoms with E-state index in [1.807, 2.05) is 29.2 Å². The molecule has 3 heterocycles. The fourth-order valence-electron chi connectivity index (χ4n) is 3.56. The molecule has 0 aliphatic carbocycles. The number of rotatable bonds is 2. The Hall–Kier alpha value is -2.37. The molecule has 130 valence electrons. The van der Waals surface area contributed by atoms with Gasteiger partial charge in [-0.15, -0.1) is 11.3 Å². The summed E-state index contributed by atoms with van der Waals surface area (Å²) in [5.74, 6) is 0.273. The Labute approximate surface area is 159 Å². The molecule has 1 aliphatic heterocycles. The molecule has 0 N–H and O–H groups in total. The first-order valence-corrected chi connectivity index (χ1v) is 9.74. The monoisotopic (exact) mass is 382 g/mol. The van der Waals surface area contributed by atoms with Gasteiger partial charge in [-0.3, -0.25) is 4.79 Å². The minimum atomic E-state index is -0.0842. The maximum atomic E-state index is 13.1. The number of carbonyl (C=O) groups excluding carboxylic acids is 1. The van der Waals surface area contributed by atoms with E-state index in [1.165, 1.54) is 0 Å². The Bertz CT molecular complexity index is 1100. The van der Waals surface area contributed by atoms with Crippen LogP contribution in [0.1, 0.15) is 34.4 Å². The Morgan fingerprint density at radius 2 is 2.12 bits per heavy atom. The molecule has 1 atom stereocenters. The van der Waals surface area contributed by atoms with Crippen LogP contribution in [0.2, 0.25) is 5.02 Å². The average Bonchev–Trinajstić information content (AvgIpc) is 3.36. The summed E-state index contributed by atoms with van der Waals surface area (Å²) in [4.78, 5) is 19.7. The normalized spacial score (nSPS) is 17.4. The molecule has 2 aromatic heterocycles.